The van der Waals surface area contributed by atoms with Gasteiger partial charge >= 0.3 is 0 Å². The SMILES string of the molecule is CC(C)C1CCC(n2c(CN)c(C3CCNCC3)c3ccccc32)CC1. The molecule has 1 aromatic heterocycles. The average molecular weight is 354 g/mol. The minimum Gasteiger partial charge on any atom is -0.340 e. The molecule has 0 radical (unpaired) electrons. The van der Waals surface area contributed by atoms with E-state index in [1.54, 1.807) is 5.56 Å². The van der Waals surface area contributed by atoms with Crippen LogP contribution in [0.5, 0.6) is 0 Å². The molecule has 1 saturated carbocycles. The van der Waals surface area contributed by atoms with E-state index in [9.17, 15) is 0 Å². The van der Waals surface area contributed by atoms with Crippen molar-refractivity contribution in [2.24, 2.45) is 17.6 Å². The maximum Gasteiger partial charge on any atom is 0.0488 e. The highest BCUT2D eigenvalue weighted by Crippen LogP contribution is 2.42. The van der Waals surface area contributed by atoms with Gasteiger partial charge in [0.2, 0.25) is 0 Å². The van der Waals surface area contributed by atoms with Crippen LogP contribution in [0, 0.1) is 11.8 Å². The fourth-order valence-electron chi connectivity index (χ4n) is 5.56. The summed E-state index contributed by atoms with van der Waals surface area (Å²) in [7, 11) is 0. The molecule has 0 spiro atoms. The predicted octanol–water partition coefficient (Wildman–Crippen LogP) is 4.95. The summed E-state index contributed by atoms with van der Waals surface area (Å²) in [6, 6.07) is 9.69. The molecule has 2 heterocycles. The first-order chi connectivity index (χ1) is 12.7. The Kier molecular flexibility index (Phi) is 5.37. The molecule has 0 atom stereocenters. The second-order valence-corrected chi connectivity index (χ2v) is 8.79. The third-order valence-electron chi connectivity index (χ3n) is 7.05. The molecule has 26 heavy (non-hydrogen) atoms. The fraction of sp³-hybridized carbons (Fsp3) is 0.652. The maximum absolute atomic E-state index is 6.37. The second kappa shape index (κ2) is 7.74. The van der Waals surface area contributed by atoms with E-state index >= 15 is 0 Å². The molecule has 1 aromatic carbocycles. The zero-order valence-electron chi connectivity index (χ0n) is 16.5. The first kappa shape index (κ1) is 18.1. The molecule has 0 bridgehead atoms. The number of rotatable bonds is 4. The highest BCUT2D eigenvalue weighted by atomic mass is 15.0. The van der Waals surface area contributed by atoms with Crippen molar-refractivity contribution in [3.63, 3.8) is 0 Å². The number of nitrogens with one attached hydrogen (secondary N) is 1. The van der Waals surface area contributed by atoms with Crippen molar-refractivity contribution in [1.82, 2.24) is 9.88 Å². The minimum absolute atomic E-state index is 0.629. The Morgan fingerprint density at radius 3 is 2.38 bits per heavy atom. The zero-order valence-corrected chi connectivity index (χ0v) is 16.5. The summed E-state index contributed by atoms with van der Waals surface area (Å²) in [5.41, 5.74) is 10.8. The number of nitrogens with two attached hydrogens (primary N) is 1. The molecule has 1 aliphatic carbocycles. The molecule has 2 fully saturated rings. The average Bonchev–Trinajstić information content (AvgIpc) is 3.03. The Labute approximate surface area is 158 Å². The number of piperidine rings is 1. The molecule has 3 N–H and O–H groups in total. The molecule has 2 aliphatic rings. The van der Waals surface area contributed by atoms with Gasteiger partial charge in [-0.05, 0) is 81.0 Å². The summed E-state index contributed by atoms with van der Waals surface area (Å²) in [6.45, 7) is 7.70. The van der Waals surface area contributed by atoms with Crippen LogP contribution < -0.4 is 11.1 Å². The first-order valence-corrected chi connectivity index (χ1v) is 10.7. The van der Waals surface area contributed by atoms with Gasteiger partial charge in [0.15, 0.2) is 0 Å². The highest BCUT2D eigenvalue weighted by Gasteiger charge is 2.30. The van der Waals surface area contributed by atoms with Gasteiger partial charge in [-0.2, -0.15) is 0 Å². The van der Waals surface area contributed by atoms with Crippen molar-refractivity contribution in [3.8, 4) is 0 Å². The monoisotopic (exact) mass is 353 g/mol. The van der Waals surface area contributed by atoms with Gasteiger partial charge < -0.3 is 15.6 Å². The molecule has 1 aliphatic heterocycles. The van der Waals surface area contributed by atoms with Gasteiger partial charge in [-0.1, -0.05) is 32.0 Å². The molecule has 2 aromatic rings. The number of fused-ring (bicyclic) bond motifs is 1. The Hall–Kier alpha value is -1.32. The van der Waals surface area contributed by atoms with E-state index < -0.39 is 0 Å². The van der Waals surface area contributed by atoms with Gasteiger partial charge in [0.25, 0.3) is 0 Å². The van der Waals surface area contributed by atoms with E-state index in [4.69, 9.17) is 5.73 Å². The fourth-order valence-corrected chi connectivity index (χ4v) is 5.56. The van der Waals surface area contributed by atoms with Gasteiger partial charge in [-0.15, -0.1) is 0 Å². The van der Waals surface area contributed by atoms with Crippen molar-refractivity contribution < 1.29 is 0 Å². The number of nitrogens with zero attached hydrogens (tertiary/aromatic N) is 1. The van der Waals surface area contributed by atoms with Crippen molar-refractivity contribution in [2.75, 3.05) is 13.1 Å². The molecule has 0 amide bonds. The maximum atomic E-state index is 6.37. The topological polar surface area (TPSA) is 43.0 Å². The summed E-state index contributed by atoms with van der Waals surface area (Å²) in [5, 5.41) is 4.98. The van der Waals surface area contributed by atoms with Gasteiger partial charge in [0.1, 0.15) is 0 Å². The Balaban J connectivity index is 1.75. The van der Waals surface area contributed by atoms with Gasteiger partial charge in [-0.25, -0.2) is 0 Å². The van der Waals surface area contributed by atoms with E-state index in [-0.39, 0.29) is 0 Å². The molecule has 1 saturated heterocycles. The molecule has 3 nitrogen and oxygen atoms in total. The lowest BCUT2D eigenvalue weighted by Crippen LogP contribution is -2.28. The van der Waals surface area contributed by atoms with Gasteiger partial charge in [0.05, 0.1) is 0 Å². The number of hydrogen-bond acceptors (Lipinski definition) is 2. The Bertz CT molecular complexity index is 731. The summed E-state index contributed by atoms with van der Waals surface area (Å²) < 4.78 is 2.66. The molecule has 142 valence electrons. The van der Waals surface area contributed by atoms with Crippen molar-refractivity contribution >= 4 is 10.9 Å². The van der Waals surface area contributed by atoms with Crippen LogP contribution in [-0.2, 0) is 6.54 Å². The number of para-hydroxylation sites is 1. The number of aromatic nitrogens is 1. The lowest BCUT2D eigenvalue weighted by atomic mass is 9.79. The molecule has 0 unspecified atom stereocenters. The van der Waals surface area contributed by atoms with E-state index in [1.165, 1.54) is 55.1 Å². The van der Waals surface area contributed by atoms with Crippen LogP contribution in [0.15, 0.2) is 24.3 Å². The molecular weight excluding hydrogens is 318 g/mol. The lowest BCUT2D eigenvalue weighted by Gasteiger charge is -2.33. The van der Waals surface area contributed by atoms with Crippen molar-refractivity contribution in [2.45, 2.75) is 70.9 Å². The Morgan fingerprint density at radius 2 is 1.73 bits per heavy atom. The van der Waals surface area contributed by atoms with Crippen LogP contribution in [0.25, 0.3) is 10.9 Å². The van der Waals surface area contributed by atoms with Gasteiger partial charge in [0, 0.05) is 29.2 Å². The number of hydrogen-bond donors (Lipinski definition) is 2. The van der Waals surface area contributed by atoms with Crippen molar-refractivity contribution in [1.29, 1.82) is 0 Å². The van der Waals surface area contributed by atoms with Gasteiger partial charge in [-0.3, -0.25) is 0 Å². The quantitative estimate of drug-likeness (QED) is 0.816. The van der Waals surface area contributed by atoms with E-state index in [1.807, 2.05) is 0 Å². The first-order valence-electron chi connectivity index (χ1n) is 10.7. The molecule has 3 heteroatoms. The van der Waals surface area contributed by atoms with Crippen LogP contribution in [0.4, 0.5) is 0 Å². The largest absolute Gasteiger partial charge is 0.340 e. The van der Waals surface area contributed by atoms with Crippen LogP contribution in [0.1, 0.15) is 75.6 Å². The zero-order chi connectivity index (χ0) is 18.1. The normalized spacial score (nSPS) is 25.2. The number of benzene rings is 1. The summed E-state index contributed by atoms with van der Waals surface area (Å²) >= 11 is 0. The van der Waals surface area contributed by atoms with Crippen molar-refractivity contribution in [3.05, 3.63) is 35.5 Å². The second-order valence-electron chi connectivity index (χ2n) is 8.79. The summed E-state index contributed by atoms with van der Waals surface area (Å²) in [5.74, 6) is 2.38. The predicted molar refractivity (Wildman–Crippen MR) is 111 cm³/mol. The lowest BCUT2D eigenvalue weighted by molar-refractivity contribution is 0.226. The minimum atomic E-state index is 0.629. The highest BCUT2D eigenvalue weighted by molar-refractivity contribution is 5.86. The standard InChI is InChI=1S/C23H35N3/c1-16(2)17-7-9-19(10-8-17)26-21-6-4-3-5-20(21)23(22(26)15-24)18-11-13-25-14-12-18/h3-6,16-19,25H,7-15,24H2,1-2H3. The van der Waals surface area contributed by atoms with Crippen LogP contribution in [0.3, 0.4) is 0 Å². The van der Waals surface area contributed by atoms with Crippen LogP contribution in [-0.4, -0.2) is 17.7 Å². The molecular formula is C23H35N3. The van der Waals surface area contributed by atoms with Crippen LogP contribution in [0.2, 0.25) is 0 Å². The van der Waals surface area contributed by atoms with E-state index in [0.29, 0.717) is 18.5 Å². The van der Waals surface area contributed by atoms with E-state index in [0.717, 1.165) is 24.9 Å². The van der Waals surface area contributed by atoms with Crippen LogP contribution >= 0.6 is 0 Å². The smallest absolute Gasteiger partial charge is 0.0488 e. The van der Waals surface area contributed by atoms with E-state index in [2.05, 4.69) is 48.0 Å². The Morgan fingerprint density at radius 1 is 1.04 bits per heavy atom. The summed E-state index contributed by atoms with van der Waals surface area (Å²) in [4.78, 5) is 0. The third-order valence-corrected chi connectivity index (χ3v) is 7.05. The third kappa shape index (κ3) is 3.20. The summed E-state index contributed by atoms with van der Waals surface area (Å²) in [6.07, 6.45) is 7.81. The molecule has 4 rings (SSSR count).